The van der Waals surface area contributed by atoms with Crippen LogP contribution in [0.4, 0.5) is 14.5 Å². The lowest BCUT2D eigenvalue weighted by molar-refractivity contribution is -0.115. The lowest BCUT2D eigenvalue weighted by Gasteiger charge is -2.10. The van der Waals surface area contributed by atoms with Crippen molar-refractivity contribution >= 4 is 43.5 Å². The van der Waals surface area contributed by atoms with Gasteiger partial charge in [-0.1, -0.05) is 38.8 Å². The second kappa shape index (κ2) is 5.72. The van der Waals surface area contributed by atoms with Gasteiger partial charge in [-0.15, -0.1) is 0 Å². The molecule has 0 aromatic heterocycles. The van der Waals surface area contributed by atoms with E-state index in [0.717, 1.165) is 12.1 Å². The smallest absolute Gasteiger partial charge is 0.238 e. The molecule has 2 nitrogen and oxygen atoms in total. The Hall–Kier alpha value is -0.490. The molecule has 1 aromatic carbocycles. The van der Waals surface area contributed by atoms with E-state index in [1.54, 1.807) is 6.92 Å². The monoisotopic (exact) mass is 355 g/mol. The van der Waals surface area contributed by atoms with E-state index in [0.29, 0.717) is 6.42 Å². The van der Waals surface area contributed by atoms with Gasteiger partial charge in [0.15, 0.2) is 11.6 Å². The zero-order chi connectivity index (χ0) is 12.3. The second-order valence-corrected chi connectivity index (χ2v) is 5.13. The minimum atomic E-state index is -0.809. The molecule has 6 heteroatoms. The Bertz CT molecular complexity index is 389. The molecule has 16 heavy (non-hydrogen) atoms. The molecule has 0 aliphatic heterocycles. The number of amides is 1. The molecule has 1 atom stereocenters. The van der Waals surface area contributed by atoms with E-state index in [2.05, 4.69) is 37.2 Å². The Labute approximate surface area is 109 Å². The van der Waals surface area contributed by atoms with Crippen LogP contribution in [0.3, 0.4) is 0 Å². The number of hydrogen-bond donors (Lipinski definition) is 1. The van der Waals surface area contributed by atoms with Gasteiger partial charge in [-0.3, -0.25) is 4.79 Å². The molecule has 0 heterocycles. The Morgan fingerprint density at radius 2 is 1.94 bits per heavy atom. The third-order valence-corrected chi connectivity index (χ3v) is 3.42. The fourth-order valence-corrected chi connectivity index (χ4v) is 1.56. The van der Waals surface area contributed by atoms with Crippen molar-refractivity contribution in [1.82, 2.24) is 0 Å². The largest absolute Gasteiger partial charge is 0.320 e. The molecule has 1 N–H and O–H groups in total. The number of carbonyl (C=O) groups excluding carboxylic acids is 1. The van der Waals surface area contributed by atoms with E-state index in [-0.39, 0.29) is 4.47 Å². The van der Waals surface area contributed by atoms with Crippen molar-refractivity contribution < 1.29 is 13.6 Å². The molecular weight excluding hydrogens is 348 g/mol. The summed E-state index contributed by atoms with van der Waals surface area (Å²) in [6, 6.07) is 2.18. The van der Waals surface area contributed by atoms with Gasteiger partial charge in [0.2, 0.25) is 5.91 Å². The molecule has 0 bridgehead atoms. The number of halogens is 4. The van der Waals surface area contributed by atoms with E-state index in [1.165, 1.54) is 0 Å². The molecule has 88 valence electrons. The minimum absolute atomic E-state index is 0.284. The van der Waals surface area contributed by atoms with E-state index < -0.39 is 28.1 Å². The van der Waals surface area contributed by atoms with Gasteiger partial charge < -0.3 is 5.32 Å². The second-order valence-electron chi connectivity index (χ2n) is 3.11. The van der Waals surface area contributed by atoms with Crippen LogP contribution in [0.15, 0.2) is 16.6 Å². The van der Waals surface area contributed by atoms with E-state index in [1.807, 2.05) is 0 Å². The summed E-state index contributed by atoms with van der Waals surface area (Å²) in [7, 11) is 0. The maximum Gasteiger partial charge on any atom is 0.238 e. The third-order valence-electron chi connectivity index (χ3n) is 1.90. The van der Waals surface area contributed by atoms with Crippen LogP contribution in [0.2, 0.25) is 0 Å². The Morgan fingerprint density at radius 1 is 1.44 bits per heavy atom. The molecule has 0 saturated heterocycles. The molecule has 0 saturated carbocycles. The third kappa shape index (κ3) is 3.25. The summed E-state index contributed by atoms with van der Waals surface area (Å²) in [4.78, 5) is 11.0. The van der Waals surface area contributed by atoms with Crippen molar-refractivity contribution in [3.05, 3.63) is 28.2 Å². The van der Waals surface area contributed by atoms with Gasteiger partial charge in [-0.05, 0) is 18.6 Å². The van der Waals surface area contributed by atoms with E-state index in [9.17, 15) is 13.6 Å². The Morgan fingerprint density at radius 3 is 2.38 bits per heavy atom. The standard InChI is InChI=1S/C10H9Br2F2NO/c1-2-6(12)10(16)15-9-7(13)3-5(11)4-8(9)14/h3-4,6H,2H2,1H3,(H,15,16). The van der Waals surface area contributed by atoms with Crippen LogP contribution in [0.5, 0.6) is 0 Å². The normalized spacial score (nSPS) is 12.3. The predicted octanol–water partition coefficient (Wildman–Crippen LogP) is 3.84. The van der Waals surface area contributed by atoms with Gasteiger partial charge in [-0.2, -0.15) is 0 Å². The van der Waals surface area contributed by atoms with Gasteiger partial charge in [0.1, 0.15) is 5.69 Å². The lowest BCUT2D eigenvalue weighted by Crippen LogP contribution is -2.23. The fraction of sp³-hybridized carbons (Fsp3) is 0.300. The highest BCUT2D eigenvalue weighted by molar-refractivity contribution is 9.10. The molecule has 0 aliphatic rings. The van der Waals surface area contributed by atoms with Gasteiger partial charge >= 0.3 is 0 Å². The van der Waals surface area contributed by atoms with Gasteiger partial charge in [0, 0.05) is 4.47 Å². The maximum absolute atomic E-state index is 13.3. The molecule has 1 rings (SSSR count). The van der Waals surface area contributed by atoms with Crippen molar-refractivity contribution in [3.8, 4) is 0 Å². The number of alkyl halides is 1. The first-order chi connectivity index (χ1) is 7.45. The van der Waals surface area contributed by atoms with Crippen LogP contribution in [0.1, 0.15) is 13.3 Å². The summed E-state index contributed by atoms with van der Waals surface area (Å²) >= 11 is 6.05. The lowest BCUT2D eigenvalue weighted by atomic mass is 10.2. The van der Waals surface area contributed by atoms with Crippen molar-refractivity contribution in [3.63, 3.8) is 0 Å². The fourth-order valence-electron chi connectivity index (χ4n) is 1.05. The van der Waals surface area contributed by atoms with Crippen molar-refractivity contribution in [2.75, 3.05) is 5.32 Å². The predicted molar refractivity (Wildman–Crippen MR) is 65.7 cm³/mol. The number of carbonyl (C=O) groups is 1. The molecule has 0 spiro atoms. The first-order valence-electron chi connectivity index (χ1n) is 4.55. The van der Waals surface area contributed by atoms with Gasteiger partial charge in [0.25, 0.3) is 0 Å². The Kier molecular flexibility index (Phi) is 4.86. The number of nitrogens with one attached hydrogen (secondary N) is 1. The first kappa shape index (κ1) is 13.6. The number of anilines is 1. The quantitative estimate of drug-likeness (QED) is 0.819. The Balaban J connectivity index is 2.93. The minimum Gasteiger partial charge on any atom is -0.320 e. The highest BCUT2D eigenvalue weighted by Crippen LogP contribution is 2.24. The van der Waals surface area contributed by atoms with Crippen LogP contribution in [0.25, 0.3) is 0 Å². The van der Waals surface area contributed by atoms with E-state index >= 15 is 0 Å². The van der Waals surface area contributed by atoms with Crippen molar-refractivity contribution in [1.29, 1.82) is 0 Å². The van der Waals surface area contributed by atoms with E-state index in [4.69, 9.17) is 0 Å². The number of hydrogen-bond acceptors (Lipinski definition) is 1. The summed E-state index contributed by atoms with van der Waals surface area (Å²) in [5, 5.41) is 2.20. The van der Waals surface area contributed by atoms with Crippen molar-refractivity contribution in [2.45, 2.75) is 18.2 Å². The van der Waals surface area contributed by atoms with Crippen LogP contribution < -0.4 is 5.32 Å². The molecule has 0 aliphatic carbocycles. The van der Waals surface area contributed by atoms with Crippen LogP contribution in [-0.2, 0) is 4.79 Å². The first-order valence-corrected chi connectivity index (χ1v) is 6.26. The summed E-state index contributed by atoms with van der Waals surface area (Å²) in [5.41, 5.74) is -0.425. The molecule has 1 aromatic rings. The molecule has 0 fully saturated rings. The average molecular weight is 357 g/mol. The number of benzene rings is 1. The highest BCUT2D eigenvalue weighted by Gasteiger charge is 2.17. The van der Waals surface area contributed by atoms with Crippen LogP contribution >= 0.6 is 31.9 Å². The van der Waals surface area contributed by atoms with Crippen molar-refractivity contribution in [2.24, 2.45) is 0 Å². The summed E-state index contributed by atoms with van der Waals surface area (Å²) < 4.78 is 27.0. The van der Waals surface area contributed by atoms with Crippen LogP contribution in [-0.4, -0.2) is 10.7 Å². The summed E-state index contributed by atoms with van der Waals surface area (Å²) in [6.45, 7) is 1.79. The summed E-state index contributed by atoms with van der Waals surface area (Å²) in [6.07, 6.45) is 0.533. The van der Waals surface area contributed by atoms with Crippen LogP contribution in [0, 0.1) is 11.6 Å². The molecule has 0 radical (unpaired) electrons. The highest BCUT2D eigenvalue weighted by atomic mass is 79.9. The maximum atomic E-state index is 13.3. The topological polar surface area (TPSA) is 29.1 Å². The summed E-state index contributed by atoms with van der Waals surface area (Å²) in [5.74, 6) is -2.09. The SMILES string of the molecule is CCC(Br)C(=O)Nc1c(F)cc(Br)cc1F. The average Bonchev–Trinajstić information content (AvgIpc) is 2.21. The molecule has 1 amide bonds. The van der Waals surface area contributed by atoms with Gasteiger partial charge in [0.05, 0.1) is 4.83 Å². The van der Waals surface area contributed by atoms with Gasteiger partial charge in [-0.25, -0.2) is 8.78 Å². The zero-order valence-corrected chi connectivity index (χ0v) is 11.5. The number of rotatable bonds is 3. The molecule has 1 unspecified atom stereocenters. The zero-order valence-electron chi connectivity index (χ0n) is 8.36. The molecular formula is C10H9Br2F2NO.